The second-order valence-electron chi connectivity index (χ2n) is 6.66. The highest BCUT2D eigenvalue weighted by Crippen LogP contribution is 2.22. The van der Waals surface area contributed by atoms with Crippen LogP contribution in [0.3, 0.4) is 0 Å². The summed E-state index contributed by atoms with van der Waals surface area (Å²) >= 11 is 0. The van der Waals surface area contributed by atoms with E-state index in [9.17, 15) is 9.00 Å². The summed E-state index contributed by atoms with van der Waals surface area (Å²) in [5.74, 6) is 0.412. The van der Waals surface area contributed by atoms with E-state index in [1.807, 2.05) is 33.8 Å². The van der Waals surface area contributed by atoms with Crippen LogP contribution in [0.15, 0.2) is 23.4 Å². The highest BCUT2D eigenvalue weighted by molar-refractivity contribution is 7.85. The van der Waals surface area contributed by atoms with Crippen molar-refractivity contribution in [3.63, 3.8) is 0 Å². The monoisotopic (exact) mass is 324 g/mol. The Kier molecular flexibility index (Phi) is 5.21. The normalized spacial score (nSPS) is 20.0. The molecule has 1 aromatic heterocycles. The molecule has 2 rings (SSSR count). The van der Waals surface area contributed by atoms with Crippen molar-refractivity contribution < 1.29 is 13.7 Å². The van der Waals surface area contributed by atoms with Gasteiger partial charge in [0, 0.05) is 18.8 Å². The summed E-state index contributed by atoms with van der Waals surface area (Å²) in [7, 11) is -1.20. The number of aryl methyl sites for hydroxylation is 1. The molecular weight excluding hydrogens is 300 g/mol. The number of aromatic nitrogens is 1. The molecule has 0 spiro atoms. The average molecular weight is 324 g/mol. The summed E-state index contributed by atoms with van der Waals surface area (Å²) in [5, 5.41) is 0.571. The first-order chi connectivity index (χ1) is 10.3. The highest BCUT2D eigenvalue weighted by atomic mass is 32.2. The van der Waals surface area contributed by atoms with Gasteiger partial charge in [0.1, 0.15) is 10.6 Å². The zero-order chi connectivity index (χ0) is 16.3. The van der Waals surface area contributed by atoms with E-state index >= 15 is 0 Å². The number of carbonyl (C=O) groups is 1. The van der Waals surface area contributed by atoms with Crippen molar-refractivity contribution in [2.75, 3.05) is 12.3 Å². The van der Waals surface area contributed by atoms with Crippen molar-refractivity contribution in [3.8, 4) is 0 Å². The minimum Gasteiger partial charge on any atom is -0.444 e. The number of amides is 1. The molecule has 2 atom stereocenters. The number of pyridine rings is 1. The van der Waals surface area contributed by atoms with E-state index in [1.54, 1.807) is 17.2 Å². The zero-order valence-electron chi connectivity index (χ0n) is 13.7. The molecule has 1 fully saturated rings. The SMILES string of the molecule is Cc1ccc([S@](=O)C[C@H]2CCCN2C(=O)OC(C)(C)C)nc1. The van der Waals surface area contributed by atoms with Crippen LogP contribution in [-0.4, -0.2) is 44.1 Å². The van der Waals surface area contributed by atoms with Crippen LogP contribution < -0.4 is 0 Å². The summed E-state index contributed by atoms with van der Waals surface area (Å²) in [4.78, 5) is 18.1. The van der Waals surface area contributed by atoms with Crippen molar-refractivity contribution in [1.29, 1.82) is 0 Å². The van der Waals surface area contributed by atoms with E-state index in [-0.39, 0.29) is 12.1 Å². The van der Waals surface area contributed by atoms with Crippen LogP contribution in [0.1, 0.15) is 39.2 Å². The van der Waals surface area contributed by atoms with Gasteiger partial charge >= 0.3 is 6.09 Å². The number of ether oxygens (including phenoxy) is 1. The van der Waals surface area contributed by atoms with E-state index in [1.165, 1.54) is 0 Å². The Morgan fingerprint density at radius 3 is 2.77 bits per heavy atom. The Labute approximate surface area is 134 Å². The van der Waals surface area contributed by atoms with Gasteiger partial charge in [0.05, 0.1) is 16.6 Å². The van der Waals surface area contributed by atoms with Crippen molar-refractivity contribution in [2.45, 2.75) is 57.2 Å². The molecule has 0 aromatic carbocycles. The lowest BCUT2D eigenvalue weighted by molar-refractivity contribution is 0.0241. The van der Waals surface area contributed by atoms with Crippen molar-refractivity contribution >= 4 is 16.9 Å². The lowest BCUT2D eigenvalue weighted by Gasteiger charge is -2.28. The van der Waals surface area contributed by atoms with Crippen LogP contribution in [0.5, 0.6) is 0 Å². The number of likely N-dealkylation sites (tertiary alicyclic amines) is 1. The van der Waals surface area contributed by atoms with Crippen LogP contribution in [0.4, 0.5) is 4.79 Å². The summed E-state index contributed by atoms with van der Waals surface area (Å²) in [5.41, 5.74) is 0.527. The fourth-order valence-corrected chi connectivity index (χ4v) is 3.68. The maximum absolute atomic E-state index is 12.4. The van der Waals surface area contributed by atoms with Gasteiger partial charge in [-0.15, -0.1) is 0 Å². The molecule has 0 aliphatic carbocycles. The topological polar surface area (TPSA) is 59.5 Å². The Morgan fingerprint density at radius 1 is 1.45 bits per heavy atom. The molecular formula is C16H24N2O3S. The zero-order valence-corrected chi connectivity index (χ0v) is 14.5. The molecule has 1 saturated heterocycles. The quantitative estimate of drug-likeness (QED) is 0.858. The fourth-order valence-electron chi connectivity index (χ4n) is 2.42. The number of carbonyl (C=O) groups excluding carboxylic acids is 1. The predicted octanol–water partition coefficient (Wildman–Crippen LogP) is 2.90. The van der Waals surface area contributed by atoms with E-state index in [0.717, 1.165) is 18.4 Å². The summed E-state index contributed by atoms with van der Waals surface area (Å²) in [6.07, 6.45) is 3.18. The molecule has 1 aliphatic heterocycles. The summed E-state index contributed by atoms with van der Waals surface area (Å²) in [6.45, 7) is 8.16. The van der Waals surface area contributed by atoms with Gasteiger partial charge in [-0.3, -0.25) is 4.21 Å². The van der Waals surface area contributed by atoms with E-state index in [4.69, 9.17) is 4.74 Å². The highest BCUT2D eigenvalue weighted by Gasteiger charge is 2.33. The molecule has 1 aliphatic rings. The first-order valence-corrected chi connectivity index (χ1v) is 8.89. The van der Waals surface area contributed by atoms with Crippen LogP contribution in [0.2, 0.25) is 0 Å². The molecule has 1 amide bonds. The van der Waals surface area contributed by atoms with Gasteiger partial charge in [0.2, 0.25) is 0 Å². The van der Waals surface area contributed by atoms with Crippen LogP contribution >= 0.6 is 0 Å². The molecule has 2 heterocycles. The third-order valence-corrected chi connectivity index (χ3v) is 4.86. The van der Waals surface area contributed by atoms with Gasteiger partial charge in [-0.1, -0.05) is 6.07 Å². The number of nitrogens with zero attached hydrogens (tertiary/aromatic N) is 2. The molecule has 0 bridgehead atoms. The lowest BCUT2D eigenvalue weighted by atomic mass is 10.2. The smallest absolute Gasteiger partial charge is 0.410 e. The minimum atomic E-state index is -1.20. The maximum Gasteiger partial charge on any atom is 0.410 e. The average Bonchev–Trinajstić information content (AvgIpc) is 2.85. The molecule has 0 saturated carbocycles. The Hall–Kier alpha value is -1.43. The molecule has 6 heteroatoms. The first kappa shape index (κ1) is 16.9. The van der Waals surface area contributed by atoms with E-state index in [0.29, 0.717) is 17.3 Å². The molecule has 0 unspecified atom stereocenters. The second-order valence-corrected chi connectivity index (χ2v) is 8.10. The van der Waals surface area contributed by atoms with Crippen molar-refractivity contribution in [2.24, 2.45) is 0 Å². The second kappa shape index (κ2) is 6.77. The van der Waals surface area contributed by atoms with Crippen molar-refractivity contribution in [1.82, 2.24) is 9.88 Å². The van der Waals surface area contributed by atoms with Gasteiger partial charge in [-0.2, -0.15) is 0 Å². The van der Waals surface area contributed by atoms with Crippen LogP contribution in [-0.2, 0) is 15.5 Å². The summed E-state index contributed by atoms with van der Waals surface area (Å²) < 4.78 is 17.9. The van der Waals surface area contributed by atoms with Gasteiger partial charge in [0.15, 0.2) is 0 Å². The maximum atomic E-state index is 12.4. The standard InChI is InChI=1S/C16H24N2O3S/c1-12-7-8-14(17-10-12)22(20)11-13-6-5-9-18(13)15(19)21-16(2,3)4/h7-8,10,13H,5-6,9,11H2,1-4H3/t13-,22-/m1/s1. The van der Waals surface area contributed by atoms with Gasteiger partial charge in [-0.25, -0.2) is 9.78 Å². The van der Waals surface area contributed by atoms with E-state index < -0.39 is 16.4 Å². The Balaban J connectivity index is 2.00. The largest absolute Gasteiger partial charge is 0.444 e. The predicted molar refractivity (Wildman–Crippen MR) is 86.2 cm³/mol. The van der Waals surface area contributed by atoms with Crippen LogP contribution in [0.25, 0.3) is 0 Å². The molecule has 5 nitrogen and oxygen atoms in total. The minimum absolute atomic E-state index is 0.0428. The first-order valence-electron chi connectivity index (χ1n) is 7.57. The molecule has 122 valence electrons. The fraction of sp³-hybridized carbons (Fsp3) is 0.625. The molecule has 1 aromatic rings. The Bertz CT molecular complexity index is 552. The van der Waals surface area contributed by atoms with Gasteiger partial charge in [0.25, 0.3) is 0 Å². The number of hydrogen-bond donors (Lipinski definition) is 0. The lowest BCUT2D eigenvalue weighted by Crippen LogP contribution is -2.42. The summed E-state index contributed by atoms with van der Waals surface area (Å²) in [6, 6.07) is 3.65. The third-order valence-electron chi connectivity index (χ3n) is 3.47. The number of hydrogen-bond acceptors (Lipinski definition) is 4. The third kappa shape index (κ3) is 4.53. The van der Waals surface area contributed by atoms with Gasteiger partial charge < -0.3 is 9.64 Å². The molecule has 22 heavy (non-hydrogen) atoms. The molecule has 0 N–H and O–H groups in total. The number of rotatable bonds is 3. The van der Waals surface area contributed by atoms with Crippen molar-refractivity contribution in [3.05, 3.63) is 23.9 Å². The van der Waals surface area contributed by atoms with E-state index in [2.05, 4.69) is 4.98 Å². The van der Waals surface area contributed by atoms with Crippen LogP contribution in [0, 0.1) is 6.92 Å². The van der Waals surface area contributed by atoms with Gasteiger partial charge in [-0.05, 0) is 52.2 Å². The Morgan fingerprint density at radius 2 is 2.18 bits per heavy atom. The molecule has 0 radical (unpaired) electrons.